The van der Waals surface area contributed by atoms with Crippen LogP contribution in [0.1, 0.15) is 16.1 Å². The Hall–Kier alpha value is -2.60. The summed E-state index contributed by atoms with van der Waals surface area (Å²) in [6.07, 6.45) is 1.59. The molecule has 0 spiro atoms. The molecule has 0 aliphatic carbocycles. The molecule has 0 radical (unpaired) electrons. The minimum atomic E-state index is -1.01. The highest BCUT2D eigenvalue weighted by molar-refractivity contribution is 7.13. The molecule has 1 N–H and O–H groups in total. The van der Waals surface area contributed by atoms with Crippen LogP contribution in [0.5, 0.6) is 5.75 Å². The first-order valence-corrected chi connectivity index (χ1v) is 7.05. The van der Waals surface area contributed by atoms with Crippen molar-refractivity contribution in [3.05, 3.63) is 59.3 Å². The fraction of sp³-hybridized carbons (Fsp3) is 0.0667. The van der Waals surface area contributed by atoms with E-state index in [1.54, 1.807) is 30.5 Å². The Balaban J connectivity index is 1.73. The molecule has 3 aromatic rings. The van der Waals surface area contributed by atoms with Gasteiger partial charge in [-0.2, -0.15) is 0 Å². The van der Waals surface area contributed by atoms with Crippen LogP contribution in [-0.4, -0.2) is 16.1 Å². The lowest BCUT2D eigenvalue weighted by Gasteiger charge is -2.07. The molecule has 2 heterocycles. The summed E-state index contributed by atoms with van der Waals surface area (Å²) in [6.45, 7) is 0.210. The molecule has 21 heavy (non-hydrogen) atoms. The number of carboxylic acids is 1. The first-order chi connectivity index (χ1) is 10.2. The minimum Gasteiger partial charge on any atom is -0.486 e. The number of para-hydroxylation sites is 1. The molecular weight excluding hydrogens is 290 g/mol. The Morgan fingerprint density at radius 1 is 1.29 bits per heavy atom. The number of aromatic carboxylic acids is 1. The fourth-order valence-corrected chi connectivity index (χ4v) is 2.58. The van der Waals surface area contributed by atoms with Gasteiger partial charge in [0.1, 0.15) is 17.9 Å². The quantitative estimate of drug-likeness (QED) is 0.778. The van der Waals surface area contributed by atoms with Crippen molar-refractivity contribution in [2.75, 3.05) is 0 Å². The van der Waals surface area contributed by atoms with Crippen LogP contribution in [0, 0.1) is 0 Å². The van der Waals surface area contributed by atoms with Gasteiger partial charge < -0.3 is 14.3 Å². The predicted octanol–water partition coefficient (Wildman–Crippen LogP) is 3.68. The Morgan fingerprint density at radius 2 is 2.14 bits per heavy atom. The summed E-state index contributed by atoms with van der Waals surface area (Å²) in [6, 6.07) is 10.2. The molecular formula is C15H11NO4S. The Labute approximate surface area is 124 Å². The number of hydrogen-bond acceptors (Lipinski definition) is 5. The van der Waals surface area contributed by atoms with Crippen LogP contribution in [0.25, 0.3) is 10.8 Å². The highest BCUT2D eigenvalue weighted by atomic mass is 32.1. The summed E-state index contributed by atoms with van der Waals surface area (Å²) in [5.41, 5.74) is 0.866. The van der Waals surface area contributed by atoms with Gasteiger partial charge in [-0.05, 0) is 24.3 Å². The second-order valence-corrected chi connectivity index (χ2v) is 5.07. The molecule has 2 aromatic heterocycles. The van der Waals surface area contributed by atoms with E-state index >= 15 is 0 Å². The third kappa shape index (κ3) is 2.95. The number of carbonyl (C=O) groups is 1. The third-order valence-electron chi connectivity index (χ3n) is 2.78. The van der Waals surface area contributed by atoms with E-state index in [1.165, 1.54) is 17.4 Å². The fourth-order valence-electron chi connectivity index (χ4n) is 1.81. The zero-order chi connectivity index (χ0) is 14.7. The largest absolute Gasteiger partial charge is 0.486 e. The Bertz CT molecular complexity index is 749. The number of benzene rings is 1. The van der Waals surface area contributed by atoms with Crippen molar-refractivity contribution in [2.24, 2.45) is 0 Å². The summed E-state index contributed by atoms with van der Waals surface area (Å²) in [4.78, 5) is 15.5. The number of rotatable bonds is 5. The van der Waals surface area contributed by atoms with E-state index in [0.29, 0.717) is 11.5 Å². The maximum atomic E-state index is 11.1. The van der Waals surface area contributed by atoms with Crippen LogP contribution < -0.4 is 4.74 Å². The lowest BCUT2D eigenvalue weighted by atomic mass is 10.2. The smallest absolute Gasteiger partial charge is 0.339 e. The number of ether oxygens (including phenoxy) is 1. The summed E-state index contributed by atoms with van der Waals surface area (Å²) in [5, 5.41) is 11.7. The van der Waals surface area contributed by atoms with Crippen molar-refractivity contribution in [3.63, 3.8) is 0 Å². The summed E-state index contributed by atoms with van der Waals surface area (Å²) >= 11 is 1.45. The third-order valence-corrected chi connectivity index (χ3v) is 3.68. The first kappa shape index (κ1) is 13.4. The van der Waals surface area contributed by atoms with Gasteiger partial charge in [0.05, 0.1) is 12.0 Å². The monoisotopic (exact) mass is 301 g/mol. The second kappa shape index (κ2) is 5.80. The van der Waals surface area contributed by atoms with Gasteiger partial charge >= 0.3 is 5.97 Å². The molecule has 0 aliphatic heterocycles. The molecule has 0 saturated heterocycles. The molecule has 0 atom stereocenters. The lowest BCUT2D eigenvalue weighted by Crippen LogP contribution is -2.03. The van der Waals surface area contributed by atoms with Crippen LogP contribution in [0.3, 0.4) is 0 Å². The molecule has 3 rings (SSSR count). The van der Waals surface area contributed by atoms with Gasteiger partial charge in [-0.15, -0.1) is 11.3 Å². The lowest BCUT2D eigenvalue weighted by molar-refractivity contribution is 0.0691. The van der Waals surface area contributed by atoms with Gasteiger partial charge in [-0.1, -0.05) is 12.1 Å². The second-order valence-electron chi connectivity index (χ2n) is 4.21. The minimum absolute atomic E-state index is 0.138. The zero-order valence-electron chi connectivity index (χ0n) is 10.9. The topological polar surface area (TPSA) is 72.6 Å². The van der Waals surface area contributed by atoms with Crippen molar-refractivity contribution in [3.8, 4) is 16.5 Å². The summed E-state index contributed by atoms with van der Waals surface area (Å²) in [5.74, 6) is 0.0230. The molecule has 6 heteroatoms. The number of hydrogen-bond donors (Lipinski definition) is 1. The van der Waals surface area contributed by atoms with Crippen molar-refractivity contribution in [1.29, 1.82) is 0 Å². The van der Waals surface area contributed by atoms with Gasteiger partial charge in [0.15, 0.2) is 10.8 Å². The molecule has 5 nitrogen and oxygen atoms in total. The zero-order valence-corrected chi connectivity index (χ0v) is 11.7. The number of furan rings is 1. The van der Waals surface area contributed by atoms with E-state index in [1.807, 2.05) is 11.4 Å². The van der Waals surface area contributed by atoms with E-state index in [-0.39, 0.29) is 12.2 Å². The van der Waals surface area contributed by atoms with Crippen molar-refractivity contribution in [1.82, 2.24) is 4.98 Å². The molecule has 0 aliphatic rings. The summed E-state index contributed by atoms with van der Waals surface area (Å²) in [7, 11) is 0. The van der Waals surface area contributed by atoms with Gasteiger partial charge in [-0.3, -0.25) is 0 Å². The van der Waals surface area contributed by atoms with Crippen molar-refractivity contribution in [2.45, 2.75) is 6.61 Å². The van der Waals surface area contributed by atoms with Crippen LogP contribution in [0.4, 0.5) is 0 Å². The SMILES string of the molecule is O=C(O)c1ccccc1OCc1csc(-c2ccco2)n1. The highest BCUT2D eigenvalue weighted by Gasteiger charge is 2.12. The predicted molar refractivity (Wildman–Crippen MR) is 77.5 cm³/mol. The number of thiazole rings is 1. The van der Waals surface area contributed by atoms with Gasteiger partial charge in [-0.25, -0.2) is 9.78 Å². The van der Waals surface area contributed by atoms with Crippen LogP contribution in [0.15, 0.2) is 52.5 Å². The van der Waals surface area contributed by atoms with E-state index in [0.717, 1.165) is 10.7 Å². The van der Waals surface area contributed by atoms with Crippen molar-refractivity contribution < 1.29 is 19.1 Å². The number of aromatic nitrogens is 1. The molecule has 106 valence electrons. The first-order valence-electron chi connectivity index (χ1n) is 6.17. The maximum Gasteiger partial charge on any atom is 0.339 e. The highest BCUT2D eigenvalue weighted by Crippen LogP contribution is 2.25. The molecule has 0 unspecified atom stereocenters. The van der Waals surface area contributed by atoms with Crippen molar-refractivity contribution >= 4 is 17.3 Å². The maximum absolute atomic E-state index is 11.1. The van der Waals surface area contributed by atoms with Crippen LogP contribution in [-0.2, 0) is 6.61 Å². The van der Waals surface area contributed by atoms with E-state index in [9.17, 15) is 4.79 Å². The van der Waals surface area contributed by atoms with E-state index < -0.39 is 5.97 Å². The van der Waals surface area contributed by atoms with E-state index in [4.69, 9.17) is 14.3 Å². The number of carboxylic acid groups (broad SMARTS) is 1. The average molecular weight is 301 g/mol. The Kier molecular flexibility index (Phi) is 3.70. The summed E-state index contributed by atoms with van der Waals surface area (Å²) < 4.78 is 10.8. The van der Waals surface area contributed by atoms with Crippen LogP contribution >= 0.6 is 11.3 Å². The van der Waals surface area contributed by atoms with Gasteiger partial charge in [0.2, 0.25) is 0 Å². The molecule has 1 aromatic carbocycles. The number of nitrogens with zero attached hydrogens (tertiary/aromatic N) is 1. The molecule has 0 amide bonds. The van der Waals surface area contributed by atoms with E-state index in [2.05, 4.69) is 4.98 Å². The average Bonchev–Trinajstić information content (AvgIpc) is 3.16. The Morgan fingerprint density at radius 3 is 2.90 bits per heavy atom. The van der Waals surface area contributed by atoms with Gasteiger partial charge in [0.25, 0.3) is 0 Å². The normalized spacial score (nSPS) is 10.5. The molecule has 0 fully saturated rings. The standard InChI is InChI=1S/C15H11NO4S/c17-15(18)11-4-1-2-5-12(11)20-8-10-9-21-14(16-10)13-6-3-7-19-13/h1-7,9H,8H2,(H,17,18). The molecule has 0 bridgehead atoms. The van der Waals surface area contributed by atoms with Crippen LogP contribution in [0.2, 0.25) is 0 Å². The molecule has 0 saturated carbocycles. The van der Waals surface area contributed by atoms with Gasteiger partial charge in [0, 0.05) is 5.38 Å².